The van der Waals surface area contributed by atoms with Crippen molar-refractivity contribution in [1.82, 2.24) is 25.1 Å². The highest BCUT2D eigenvalue weighted by Gasteiger charge is 2.18. The molecular formula is C24H22BrN7O. The zero-order valence-electron chi connectivity index (χ0n) is 17.8. The summed E-state index contributed by atoms with van der Waals surface area (Å²) in [7, 11) is 0. The Hall–Kier alpha value is -3.59. The number of amidine groups is 1. The number of anilines is 1. The molecule has 8 nitrogen and oxygen atoms in total. The van der Waals surface area contributed by atoms with Gasteiger partial charge in [-0.05, 0) is 89.0 Å². The largest absolute Gasteiger partial charge is 0.357 e. The predicted octanol–water partition coefficient (Wildman–Crippen LogP) is 4.64. The fraction of sp³-hybridized carbons (Fsp3) is 0.208. The summed E-state index contributed by atoms with van der Waals surface area (Å²) in [5, 5.41) is 25.0. The van der Waals surface area contributed by atoms with E-state index in [9.17, 15) is 4.79 Å². The summed E-state index contributed by atoms with van der Waals surface area (Å²) in [6.07, 6.45) is 3.48. The van der Waals surface area contributed by atoms with Gasteiger partial charge >= 0.3 is 0 Å². The number of amides is 1. The van der Waals surface area contributed by atoms with Crippen LogP contribution in [0.4, 0.5) is 5.69 Å². The molecule has 166 valence electrons. The van der Waals surface area contributed by atoms with Crippen molar-refractivity contribution in [2.45, 2.75) is 19.3 Å². The Labute approximate surface area is 199 Å². The number of carbonyl (C=O) groups is 1. The average Bonchev–Trinajstić information content (AvgIpc) is 3.34. The Morgan fingerprint density at radius 2 is 1.67 bits per heavy atom. The lowest BCUT2D eigenvalue weighted by Crippen LogP contribution is -2.35. The van der Waals surface area contributed by atoms with Crippen LogP contribution in [-0.2, 0) is 0 Å². The van der Waals surface area contributed by atoms with E-state index in [2.05, 4.69) is 41.7 Å². The number of fused-ring (bicyclic) bond motifs is 1. The lowest BCUT2D eigenvalue weighted by atomic mass is 10.1. The number of likely N-dealkylation sites (tertiary alicyclic amines) is 1. The number of benzene rings is 3. The van der Waals surface area contributed by atoms with Crippen LogP contribution in [-0.4, -0.2) is 49.9 Å². The maximum atomic E-state index is 12.9. The molecule has 0 aliphatic carbocycles. The van der Waals surface area contributed by atoms with Gasteiger partial charge in [0.2, 0.25) is 5.82 Å². The van der Waals surface area contributed by atoms with Crippen molar-refractivity contribution in [3.8, 4) is 5.69 Å². The zero-order chi connectivity index (χ0) is 22.8. The van der Waals surface area contributed by atoms with Crippen molar-refractivity contribution in [2.75, 3.05) is 18.4 Å². The minimum Gasteiger partial charge on any atom is -0.357 e. The van der Waals surface area contributed by atoms with Gasteiger partial charge in [-0.25, -0.2) is 0 Å². The van der Waals surface area contributed by atoms with E-state index >= 15 is 0 Å². The molecule has 0 bridgehead atoms. The zero-order valence-corrected chi connectivity index (χ0v) is 19.4. The van der Waals surface area contributed by atoms with Gasteiger partial charge in [-0.2, -0.15) is 4.68 Å². The van der Waals surface area contributed by atoms with E-state index in [0.717, 1.165) is 46.7 Å². The second-order valence-electron chi connectivity index (χ2n) is 8.02. The molecule has 3 aromatic carbocycles. The molecule has 1 aliphatic rings. The number of nitrogens with one attached hydrogen (secondary N) is 2. The molecule has 0 atom stereocenters. The summed E-state index contributed by atoms with van der Waals surface area (Å²) in [6, 6.07) is 19.1. The van der Waals surface area contributed by atoms with Gasteiger partial charge in [-0.15, -0.1) is 5.10 Å². The molecule has 33 heavy (non-hydrogen) atoms. The SMILES string of the molecule is N=C(c1ccc(NC(=O)c2nnnn2-c2ccc3cc(Br)ccc3c2)cc1)N1CCCCC1. The lowest BCUT2D eigenvalue weighted by molar-refractivity contribution is 0.101. The lowest BCUT2D eigenvalue weighted by Gasteiger charge is -2.29. The number of rotatable bonds is 4. The van der Waals surface area contributed by atoms with Crippen LogP contribution in [0, 0.1) is 5.41 Å². The number of hydrogen-bond acceptors (Lipinski definition) is 5. The van der Waals surface area contributed by atoms with Crippen LogP contribution in [0.25, 0.3) is 16.5 Å². The van der Waals surface area contributed by atoms with E-state index in [-0.39, 0.29) is 5.82 Å². The van der Waals surface area contributed by atoms with Gasteiger partial charge in [0, 0.05) is 28.8 Å². The average molecular weight is 504 g/mol. The molecule has 0 saturated carbocycles. The highest BCUT2D eigenvalue weighted by Crippen LogP contribution is 2.23. The number of hydrogen-bond donors (Lipinski definition) is 2. The van der Waals surface area contributed by atoms with Crippen LogP contribution in [0.1, 0.15) is 35.4 Å². The van der Waals surface area contributed by atoms with Crippen molar-refractivity contribution >= 4 is 44.1 Å². The van der Waals surface area contributed by atoms with Gasteiger partial charge in [-0.3, -0.25) is 10.2 Å². The Morgan fingerprint density at radius 3 is 2.45 bits per heavy atom. The van der Waals surface area contributed by atoms with E-state index in [0.29, 0.717) is 17.2 Å². The second-order valence-corrected chi connectivity index (χ2v) is 8.93. The second kappa shape index (κ2) is 9.11. The first-order chi connectivity index (χ1) is 16.1. The number of nitrogens with zero attached hydrogens (tertiary/aromatic N) is 5. The van der Waals surface area contributed by atoms with Gasteiger partial charge in [-0.1, -0.05) is 28.1 Å². The van der Waals surface area contributed by atoms with Crippen molar-refractivity contribution < 1.29 is 4.79 Å². The van der Waals surface area contributed by atoms with Crippen molar-refractivity contribution in [1.29, 1.82) is 5.41 Å². The molecular weight excluding hydrogens is 482 g/mol. The molecule has 9 heteroatoms. The molecule has 4 aromatic rings. The number of carbonyl (C=O) groups excluding carboxylic acids is 1. The minimum absolute atomic E-state index is 0.0941. The normalized spacial score (nSPS) is 13.8. The first-order valence-corrected chi connectivity index (χ1v) is 11.6. The smallest absolute Gasteiger partial charge is 0.295 e. The third kappa shape index (κ3) is 4.49. The van der Waals surface area contributed by atoms with E-state index in [1.165, 1.54) is 11.1 Å². The van der Waals surface area contributed by atoms with Gasteiger partial charge < -0.3 is 10.2 Å². The molecule has 1 fully saturated rings. The predicted molar refractivity (Wildman–Crippen MR) is 131 cm³/mol. The Balaban J connectivity index is 1.32. The maximum absolute atomic E-state index is 12.9. The molecule has 2 heterocycles. The quantitative estimate of drug-likeness (QED) is 0.312. The van der Waals surface area contributed by atoms with Crippen LogP contribution in [0.5, 0.6) is 0 Å². The highest BCUT2D eigenvalue weighted by molar-refractivity contribution is 9.10. The van der Waals surface area contributed by atoms with Crippen LogP contribution >= 0.6 is 15.9 Å². The Kier molecular flexibility index (Phi) is 5.87. The minimum atomic E-state index is -0.408. The molecule has 0 unspecified atom stereocenters. The van der Waals surface area contributed by atoms with Gasteiger partial charge in [0.15, 0.2) is 0 Å². The molecule has 1 aliphatic heterocycles. The summed E-state index contributed by atoms with van der Waals surface area (Å²) in [5.41, 5.74) is 2.15. The number of aromatic nitrogens is 4. The van der Waals surface area contributed by atoms with Gasteiger partial charge in [0.1, 0.15) is 5.84 Å². The number of tetrazole rings is 1. The summed E-state index contributed by atoms with van der Waals surface area (Å²) in [4.78, 5) is 15.0. The number of piperidine rings is 1. The molecule has 1 aromatic heterocycles. The molecule has 0 spiro atoms. The first kappa shape index (κ1) is 21.3. The van der Waals surface area contributed by atoms with E-state index in [1.54, 1.807) is 12.1 Å². The third-order valence-corrected chi connectivity index (χ3v) is 6.28. The van der Waals surface area contributed by atoms with Crippen molar-refractivity contribution in [2.24, 2.45) is 0 Å². The van der Waals surface area contributed by atoms with E-state index < -0.39 is 5.91 Å². The number of halogens is 1. The summed E-state index contributed by atoms with van der Waals surface area (Å²) in [5.74, 6) is 0.214. The Morgan fingerprint density at radius 1 is 0.939 bits per heavy atom. The standard InChI is InChI=1S/C24H22BrN7O/c25-19-8-4-18-15-21(11-7-17(18)14-19)32-23(28-29-30-32)24(33)27-20-9-5-16(6-10-20)22(26)31-12-2-1-3-13-31/h4-11,14-15,26H,1-3,12-13H2,(H,27,33). The fourth-order valence-electron chi connectivity index (χ4n) is 4.04. The highest BCUT2D eigenvalue weighted by atomic mass is 79.9. The summed E-state index contributed by atoms with van der Waals surface area (Å²) >= 11 is 3.48. The molecule has 1 saturated heterocycles. The van der Waals surface area contributed by atoms with Crippen molar-refractivity contribution in [3.63, 3.8) is 0 Å². The van der Waals surface area contributed by atoms with Crippen LogP contribution < -0.4 is 5.32 Å². The summed E-state index contributed by atoms with van der Waals surface area (Å²) < 4.78 is 2.43. The first-order valence-electron chi connectivity index (χ1n) is 10.8. The third-order valence-electron chi connectivity index (χ3n) is 5.79. The molecule has 0 radical (unpaired) electrons. The van der Waals surface area contributed by atoms with E-state index in [1.807, 2.05) is 48.5 Å². The van der Waals surface area contributed by atoms with Gasteiger partial charge in [0.25, 0.3) is 5.91 Å². The maximum Gasteiger partial charge on any atom is 0.295 e. The molecule has 2 N–H and O–H groups in total. The summed E-state index contributed by atoms with van der Waals surface area (Å²) in [6.45, 7) is 1.85. The topological polar surface area (TPSA) is 99.8 Å². The van der Waals surface area contributed by atoms with Crippen LogP contribution in [0.15, 0.2) is 65.1 Å². The molecule has 1 amide bonds. The van der Waals surface area contributed by atoms with Crippen LogP contribution in [0.2, 0.25) is 0 Å². The fourth-order valence-corrected chi connectivity index (χ4v) is 4.42. The van der Waals surface area contributed by atoms with E-state index in [4.69, 9.17) is 5.41 Å². The van der Waals surface area contributed by atoms with Crippen LogP contribution in [0.3, 0.4) is 0 Å². The monoisotopic (exact) mass is 503 g/mol. The molecule has 5 rings (SSSR count). The Bertz CT molecular complexity index is 1330. The van der Waals surface area contributed by atoms with Crippen molar-refractivity contribution in [3.05, 3.63) is 76.5 Å². The van der Waals surface area contributed by atoms with Gasteiger partial charge in [0.05, 0.1) is 5.69 Å².